The molecule has 0 aliphatic heterocycles. The van der Waals surface area contributed by atoms with Crippen LogP contribution in [0.3, 0.4) is 0 Å². The van der Waals surface area contributed by atoms with Gasteiger partial charge in [-0.1, -0.05) is 12.1 Å². The van der Waals surface area contributed by atoms with E-state index in [0.29, 0.717) is 0 Å². The van der Waals surface area contributed by atoms with E-state index in [4.69, 9.17) is 0 Å². The van der Waals surface area contributed by atoms with Crippen molar-refractivity contribution in [3.8, 4) is 0 Å². The number of aryl methyl sites for hydroxylation is 1. The highest BCUT2D eigenvalue weighted by molar-refractivity contribution is 6.12. The van der Waals surface area contributed by atoms with Gasteiger partial charge in [0.05, 0.1) is 11.3 Å². The lowest BCUT2D eigenvalue weighted by Crippen LogP contribution is -2.01. The lowest BCUT2D eigenvalue weighted by atomic mass is 10.2. The van der Waals surface area contributed by atoms with Crippen LogP contribution in [0.4, 0.5) is 5.69 Å². The molecule has 16 heavy (non-hydrogen) atoms. The molecule has 0 bridgehead atoms. The van der Waals surface area contributed by atoms with Crippen molar-refractivity contribution in [1.29, 1.82) is 0 Å². The molecule has 0 saturated carbocycles. The molecule has 0 unspecified atom stereocenters. The van der Waals surface area contributed by atoms with E-state index in [1.165, 1.54) is 20.1 Å². The fourth-order valence-corrected chi connectivity index (χ4v) is 1.29. The molecule has 0 atom stereocenters. The summed E-state index contributed by atoms with van der Waals surface area (Å²) in [6.07, 6.45) is 1.40. The maximum Gasteiger partial charge on any atom is 0.164 e. The van der Waals surface area contributed by atoms with Crippen molar-refractivity contribution < 1.29 is 9.90 Å². The van der Waals surface area contributed by atoms with E-state index in [0.717, 1.165) is 11.3 Å². The molecule has 0 aromatic heterocycles. The van der Waals surface area contributed by atoms with Crippen molar-refractivity contribution in [2.45, 2.75) is 20.8 Å². The molecule has 0 aliphatic rings. The highest BCUT2D eigenvalue weighted by atomic mass is 16.3. The number of ketones is 1. The van der Waals surface area contributed by atoms with Gasteiger partial charge in [-0.05, 0) is 38.5 Å². The van der Waals surface area contributed by atoms with Crippen LogP contribution in [0.1, 0.15) is 19.4 Å². The molecule has 0 radical (unpaired) electrons. The zero-order valence-electron chi connectivity index (χ0n) is 9.69. The van der Waals surface area contributed by atoms with Crippen LogP contribution < -0.4 is 0 Å². The van der Waals surface area contributed by atoms with Crippen molar-refractivity contribution in [3.63, 3.8) is 0 Å². The molecule has 1 rings (SSSR count). The fourth-order valence-electron chi connectivity index (χ4n) is 1.29. The summed E-state index contributed by atoms with van der Waals surface area (Å²) in [6.45, 7) is 4.84. The largest absolute Gasteiger partial charge is 0.512 e. The Hall–Kier alpha value is -1.90. The lowest BCUT2D eigenvalue weighted by Gasteiger charge is -1.98. The highest BCUT2D eigenvalue weighted by Gasteiger charge is 2.04. The molecule has 1 aromatic rings. The maximum absolute atomic E-state index is 11.2. The van der Waals surface area contributed by atoms with Gasteiger partial charge in [0.2, 0.25) is 0 Å². The highest BCUT2D eigenvalue weighted by Crippen LogP contribution is 2.13. The summed E-state index contributed by atoms with van der Waals surface area (Å²) in [7, 11) is 0. The van der Waals surface area contributed by atoms with Gasteiger partial charge in [0.1, 0.15) is 5.76 Å². The number of rotatable bonds is 3. The average Bonchev–Trinajstić information content (AvgIpc) is 2.16. The number of benzene rings is 1. The fraction of sp³-hybridized carbons (Fsp3) is 0.231. The number of aliphatic hydroxyl groups excluding tert-OH is 1. The van der Waals surface area contributed by atoms with Crippen LogP contribution in [0.15, 0.2) is 40.6 Å². The van der Waals surface area contributed by atoms with Crippen molar-refractivity contribution in [1.82, 2.24) is 0 Å². The van der Waals surface area contributed by atoms with Gasteiger partial charge >= 0.3 is 0 Å². The Morgan fingerprint density at radius 1 is 1.38 bits per heavy atom. The van der Waals surface area contributed by atoms with Gasteiger partial charge in [-0.25, -0.2) is 0 Å². The lowest BCUT2D eigenvalue weighted by molar-refractivity contribution is -0.113. The smallest absolute Gasteiger partial charge is 0.164 e. The second-order valence-corrected chi connectivity index (χ2v) is 3.65. The van der Waals surface area contributed by atoms with Crippen LogP contribution in [0.5, 0.6) is 0 Å². The monoisotopic (exact) mass is 217 g/mol. The third-order valence-electron chi connectivity index (χ3n) is 2.11. The third kappa shape index (κ3) is 3.35. The van der Waals surface area contributed by atoms with Crippen molar-refractivity contribution in [3.05, 3.63) is 41.2 Å². The molecule has 84 valence electrons. The molecule has 0 aliphatic carbocycles. The minimum Gasteiger partial charge on any atom is -0.512 e. The van der Waals surface area contributed by atoms with Crippen molar-refractivity contribution >= 4 is 17.7 Å². The number of hydrogen-bond acceptors (Lipinski definition) is 3. The van der Waals surface area contributed by atoms with E-state index in [9.17, 15) is 9.90 Å². The van der Waals surface area contributed by atoms with Gasteiger partial charge in [0, 0.05) is 6.21 Å². The van der Waals surface area contributed by atoms with Crippen molar-refractivity contribution in [2.75, 3.05) is 0 Å². The number of nitrogens with zero attached hydrogens (tertiary/aromatic N) is 1. The second-order valence-electron chi connectivity index (χ2n) is 3.65. The first kappa shape index (κ1) is 12.2. The molecule has 1 N–H and O–H groups in total. The van der Waals surface area contributed by atoms with Crippen LogP contribution in [-0.4, -0.2) is 17.1 Å². The van der Waals surface area contributed by atoms with Crippen LogP contribution in [0, 0.1) is 6.92 Å². The Morgan fingerprint density at radius 2 is 2.06 bits per heavy atom. The molecule has 1 aromatic carbocycles. The van der Waals surface area contributed by atoms with Crippen molar-refractivity contribution in [2.24, 2.45) is 4.99 Å². The van der Waals surface area contributed by atoms with Crippen LogP contribution in [-0.2, 0) is 4.79 Å². The Balaban J connectivity index is 2.96. The Bertz CT molecular complexity index is 455. The summed E-state index contributed by atoms with van der Waals surface area (Å²) in [5, 5.41) is 9.28. The predicted octanol–water partition coefficient (Wildman–Crippen LogP) is 3.12. The summed E-state index contributed by atoms with van der Waals surface area (Å²) in [4.78, 5) is 15.3. The SMILES string of the molecule is CC(=O)C(C=Nc1cccc(C)c1)=C(C)O. The number of aliphatic imine (C=N–C) groups is 1. The van der Waals surface area contributed by atoms with E-state index in [1.54, 1.807) is 0 Å². The van der Waals surface area contributed by atoms with E-state index in [-0.39, 0.29) is 17.1 Å². The maximum atomic E-state index is 11.2. The molecule has 0 fully saturated rings. The van der Waals surface area contributed by atoms with Gasteiger partial charge in [0.25, 0.3) is 0 Å². The first-order chi connectivity index (χ1) is 7.50. The van der Waals surface area contributed by atoms with E-state index in [2.05, 4.69) is 4.99 Å². The zero-order valence-corrected chi connectivity index (χ0v) is 9.69. The molecule has 0 spiro atoms. The number of allylic oxidation sites excluding steroid dienone is 2. The van der Waals surface area contributed by atoms with E-state index in [1.807, 2.05) is 31.2 Å². The topological polar surface area (TPSA) is 49.7 Å². The molecule has 0 amide bonds. The number of Topliss-reactive ketones (excluding diaryl/α,β-unsaturated/α-hetero) is 1. The normalized spacial score (nSPS) is 12.7. The first-order valence-corrected chi connectivity index (χ1v) is 5.02. The standard InChI is InChI=1S/C13H15NO2/c1-9-5-4-6-12(7-9)14-8-13(10(2)15)11(3)16/h4-8,15H,1-3H3. The molecular formula is C13H15NO2. The van der Waals surface area contributed by atoms with Crippen LogP contribution in [0.2, 0.25) is 0 Å². The van der Waals surface area contributed by atoms with Gasteiger partial charge < -0.3 is 5.11 Å². The second kappa shape index (κ2) is 5.26. The van der Waals surface area contributed by atoms with Crippen LogP contribution in [0.25, 0.3) is 0 Å². The summed E-state index contributed by atoms with van der Waals surface area (Å²) in [6, 6.07) is 7.61. The average molecular weight is 217 g/mol. The Kier molecular flexibility index (Phi) is 4.00. The van der Waals surface area contributed by atoms with Gasteiger partial charge in [-0.3, -0.25) is 9.79 Å². The number of carbonyl (C=O) groups is 1. The number of hydrogen-bond donors (Lipinski definition) is 1. The van der Waals surface area contributed by atoms with E-state index < -0.39 is 0 Å². The summed E-state index contributed by atoms with van der Waals surface area (Å²) >= 11 is 0. The molecule has 0 heterocycles. The van der Waals surface area contributed by atoms with Gasteiger partial charge in [0.15, 0.2) is 5.78 Å². The predicted molar refractivity (Wildman–Crippen MR) is 65.3 cm³/mol. The molecule has 3 nitrogen and oxygen atoms in total. The van der Waals surface area contributed by atoms with Gasteiger partial charge in [-0.15, -0.1) is 0 Å². The van der Waals surface area contributed by atoms with E-state index >= 15 is 0 Å². The van der Waals surface area contributed by atoms with Gasteiger partial charge in [-0.2, -0.15) is 0 Å². The number of carbonyl (C=O) groups excluding carboxylic acids is 1. The quantitative estimate of drug-likeness (QED) is 0.480. The first-order valence-electron chi connectivity index (χ1n) is 5.02. The van der Waals surface area contributed by atoms with Crippen LogP contribution >= 0.6 is 0 Å². The summed E-state index contributed by atoms with van der Waals surface area (Å²) in [5.74, 6) is -0.208. The molecular weight excluding hydrogens is 202 g/mol. The molecule has 3 heteroatoms. The summed E-state index contributed by atoms with van der Waals surface area (Å²) in [5.41, 5.74) is 2.10. The Labute approximate surface area is 95.1 Å². The number of aliphatic hydroxyl groups is 1. The summed E-state index contributed by atoms with van der Waals surface area (Å²) < 4.78 is 0. The molecule has 0 saturated heterocycles. The zero-order chi connectivity index (χ0) is 12.1. The minimum absolute atomic E-state index is 0.0103. The third-order valence-corrected chi connectivity index (χ3v) is 2.11. The Morgan fingerprint density at radius 3 is 2.56 bits per heavy atom. The minimum atomic E-state index is -0.198.